The molecule has 0 heterocycles. The minimum atomic E-state index is -1.39. The third-order valence-corrected chi connectivity index (χ3v) is 10.9. The van der Waals surface area contributed by atoms with Crippen LogP contribution < -0.4 is 10.6 Å². The van der Waals surface area contributed by atoms with Crippen molar-refractivity contribution in [1.29, 1.82) is 0 Å². The third-order valence-electron chi connectivity index (χ3n) is 10.9. The van der Waals surface area contributed by atoms with Crippen LogP contribution in [0, 0.1) is 0 Å². The Bertz CT molecular complexity index is 1030. The zero-order valence-corrected chi connectivity index (χ0v) is 37.6. The molecule has 0 aliphatic carbocycles. The molecule has 0 radical (unpaired) electrons. The van der Waals surface area contributed by atoms with Crippen molar-refractivity contribution in [2.45, 2.75) is 251 Å². The van der Waals surface area contributed by atoms with Crippen LogP contribution in [0.2, 0.25) is 0 Å². The number of carbonyl (C=O) groups excluding carboxylic acids is 3. The van der Waals surface area contributed by atoms with E-state index in [1.54, 1.807) is 0 Å². The highest BCUT2D eigenvalue weighted by Gasteiger charge is 2.19. The number of carboxylic acid groups (broad SMARTS) is 1. The summed E-state index contributed by atoms with van der Waals surface area (Å²) >= 11 is 0. The molecule has 0 spiro atoms. The molecule has 58 heavy (non-hydrogen) atoms. The average Bonchev–Trinajstić information content (AvgIpc) is 3.21. The van der Waals surface area contributed by atoms with E-state index in [9.17, 15) is 19.2 Å². The molecular formula is C49H90N2O7. The van der Waals surface area contributed by atoms with Crippen LogP contribution in [0.25, 0.3) is 0 Å². The largest absolute Gasteiger partial charge is 0.480 e. The van der Waals surface area contributed by atoms with Crippen LogP contribution in [0.1, 0.15) is 239 Å². The number of esters is 1. The molecular weight excluding hydrogens is 729 g/mol. The number of rotatable bonds is 44. The van der Waals surface area contributed by atoms with Gasteiger partial charge in [-0.3, -0.25) is 14.4 Å². The van der Waals surface area contributed by atoms with Crippen LogP contribution in [-0.4, -0.2) is 59.3 Å². The summed E-state index contributed by atoms with van der Waals surface area (Å²) in [6.07, 6.45) is 49.6. The summed E-state index contributed by atoms with van der Waals surface area (Å²) in [6, 6.07) is -1.39. The van der Waals surface area contributed by atoms with Crippen LogP contribution in [0.15, 0.2) is 24.3 Å². The van der Waals surface area contributed by atoms with E-state index in [-0.39, 0.29) is 30.9 Å². The van der Waals surface area contributed by atoms with Gasteiger partial charge in [-0.2, -0.15) is 0 Å². The summed E-state index contributed by atoms with van der Waals surface area (Å²) in [5.41, 5.74) is 0. The maximum Gasteiger partial charge on any atom is 0.328 e. The predicted octanol–water partition coefficient (Wildman–Crippen LogP) is 12.4. The number of hydrogen-bond donors (Lipinski definition) is 4. The van der Waals surface area contributed by atoms with Crippen molar-refractivity contribution >= 4 is 23.8 Å². The van der Waals surface area contributed by atoms with E-state index in [2.05, 4.69) is 42.7 Å². The molecule has 0 fully saturated rings. The summed E-state index contributed by atoms with van der Waals surface area (Å²) in [5.74, 6) is -2.41. The smallest absolute Gasteiger partial charge is 0.328 e. The van der Waals surface area contributed by atoms with Crippen molar-refractivity contribution in [2.75, 3.05) is 13.2 Å². The average molecular weight is 819 g/mol. The van der Waals surface area contributed by atoms with E-state index < -0.39 is 24.5 Å². The maximum absolute atomic E-state index is 12.8. The first-order valence-corrected chi connectivity index (χ1v) is 24.2. The molecule has 0 aliphatic heterocycles. The number of carbonyl (C=O) groups is 4. The fraction of sp³-hybridized carbons (Fsp3) is 0.837. The molecule has 2 unspecified atom stereocenters. The molecule has 0 aromatic heterocycles. The van der Waals surface area contributed by atoms with Crippen molar-refractivity contribution in [3.8, 4) is 0 Å². The lowest BCUT2D eigenvalue weighted by Gasteiger charge is -2.15. The summed E-state index contributed by atoms with van der Waals surface area (Å²) in [7, 11) is 0. The fourth-order valence-corrected chi connectivity index (χ4v) is 7.19. The quantitative estimate of drug-likeness (QED) is 0.0272. The summed E-state index contributed by atoms with van der Waals surface area (Å²) in [4.78, 5) is 47.6. The van der Waals surface area contributed by atoms with Gasteiger partial charge in [-0.25, -0.2) is 4.79 Å². The van der Waals surface area contributed by atoms with Gasteiger partial charge in [0, 0.05) is 12.8 Å². The van der Waals surface area contributed by atoms with Gasteiger partial charge >= 0.3 is 11.9 Å². The third kappa shape index (κ3) is 40.1. The van der Waals surface area contributed by atoms with Crippen molar-refractivity contribution in [3.63, 3.8) is 0 Å². The zero-order chi connectivity index (χ0) is 42.6. The van der Waals surface area contributed by atoms with E-state index in [1.165, 1.54) is 154 Å². The van der Waals surface area contributed by atoms with Gasteiger partial charge in [0.2, 0.25) is 11.8 Å². The maximum atomic E-state index is 12.8. The molecule has 0 aromatic carbocycles. The van der Waals surface area contributed by atoms with E-state index in [4.69, 9.17) is 14.9 Å². The molecule has 9 nitrogen and oxygen atoms in total. The topological polar surface area (TPSA) is 142 Å². The second kappa shape index (κ2) is 43.9. The van der Waals surface area contributed by atoms with Crippen molar-refractivity contribution < 1.29 is 34.1 Å². The second-order valence-corrected chi connectivity index (χ2v) is 16.6. The highest BCUT2D eigenvalue weighted by molar-refractivity contribution is 5.87. The van der Waals surface area contributed by atoms with E-state index >= 15 is 0 Å². The highest BCUT2D eigenvalue weighted by atomic mass is 16.5. The Morgan fingerprint density at radius 1 is 0.534 bits per heavy atom. The molecule has 9 heteroatoms. The van der Waals surface area contributed by atoms with E-state index in [0.717, 1.165) is 51.4 Å². The van der Waals surface area contributed by atoms with Gasteiger partial charge in [0.15, 0.2) is 0 Å². The molecule has 0 aromatic rings. The number of hydrogen-bond acceptors (Lipinski definition) is 6. The summed E-state index contributed by atoms with van der Waals surface area (Å²) in [5, 5.41) is 22.6. The Morgan fingerprint density at radius 2 is 0.983 bits per heavy atom. The molecule has 0 saturated carbocycles. The van der Waals surface area contributed by atoms with Gasteiger partial charge in [-0.15, -0.1) is 0 Å². The number of carboxylic acids is 1. The molecule has 0 rings (SSSR count). The summed E-state index contributed by atoms with van der Waals surface area (Å²) < 4.78 is 5.91. The highest BCUT2D eigenvalue weighted by Crippen LogP contribution is 2.17. The monoisotopic (exact) mass is 819 g/mol. The van der Waals surface area contributed by atoms with Crippen molar-refractivity contribution in [2.24, 2.45) is 0 Å². The molecule has 0 aliphatic rings. The van der Waals surface area contributed by atoms with Crippen molar-refractivity contribution in [1.82, 2.24) is 10.6 Å². The number of ether oxygens (including phenoxy) is 1. The number of nitrogens with one attached hydrogen (secondary N) is 2. The number of aliphatic carboxylic acids is 1. The number of amides is 2. The van der Waals surface area contributed by atoms with Gasteiger partial charge in [0.25, 0.3) is 0 Å². The predicted molar refractivity (Wildman–Crippen MR) is 241 cm³/mol. The van der Waals surface area contributed by atoms with Gasteiger partial charge in [-0.1, -0.05) is 199 Å². The fourth-order valence-electron chi connectivity index (χ4n) is 7.19. The van der Waals surface area contributed by atoms with Crippen LogP contribution in [0.3, 0.4) is 0 Å². The first-order chi connectivity index (χ1) is 28.3. The van der Waals surface area contributed by atoms with Gasteiger partial charge in [0.05, 0.1) is 13.2 Å². The summed E-state index contributed by atoms with van der Waals surface area (Å²) in [6.45, 7) is 3.45. The van der Waals surface area contributed by atoms with Crippen LogP contribution in [0.4, 0.5) is 0 Å². The lowest BCUT2D eigenvalue weighted by molar-refractivity contribution is -0.147. The minimum absolute atomic E-state index is 0.122. The van der Waals surface area contributed by atoms with Gasteiger partial charge in [-0.05, 0) is 51.0 Å². The standard InChI is InChI=1S/C49H90N2O7/c1-3-5-7-9-11-13-14-15-16-17-18-19-20-21-22-23-24-25-27-29-31-37-41-48(55)58-44(38-34-30-28-26-12-10-8-6-4-2)39-35-32-33-36-40-46(53)50-42-47(54)51-45(43-52)49(56)57/h26,28,34,38,44-45,52H,3-25,27,29-33,35-37,39-43H2,1-2H3,(H,50,53)(H,51,54)(H,56,57)/b28-26-,38-34-. The minimum Gasteiger partial charge on any atom is -0.480 e. The van der Waals surface area contributed by atoms with Crippen LogP contribution >= 0.6 is 0 Å². The number of aliphatic hydroxyl groups excluding tert-OH is 1. The Balaban J connectivity index is 4.14. The van der Waals surface area contributed by atoms with Gasteiger partial charge < -0.3 is 25.6 Å². The molecule has 338 valence electrons. The molecule has 4 N–H and O–H groups in total. The number of unbranched alkanes of at least 4 members (excludes halogenated alkanes) is 28. The number of aliphatic hydroxyl groups is 1. The van der Waals surface area contributed by atoms with Crippen molar-refractivity contribution in [3.05, 3.63) is 24.3 Å². The first kappa shape index (κ1) is 55.3. The SMILES string of the molecule is CCCCCC/C=C\C/C=C\C(CCCCCCC(=O)NCC(=O)NC(CO)C(=O)O)OC(=O)CCCCCCCCCCCCCCCCCCCCCCCC. The first-order valence-electron chi connectivity index (χ1n) is 24.2. The Labute approximate surface area is 355 Å². The molecule has 2 atom stereocenters. The zero-order valence-electron chi connectivity index (χ0n) is 37.6. The number of allylic oxidation sites excluding steroid dienone is 3. The van der Waals surface area contributed by atoms with E-state index in [1.807, 2.05) is 6.08 Å². The Kier molecular flexibility index (Phi) is 41.9. The van der Waals surface area contributed by atoms with Gasteiger partial charge in [0.1, 0.15) is 12.1 Å². The van der Waals surface area contributed by atoms with Crippen LogP contribution in [-0.2, 0) is 23.9 Å². The Morgan fingerprint density at radius 3 is 1.47 bits per heavy atom. The normalized spacial score (nSPS) is 12.6. The molecule has 0 saturated heterocycles. The Hall–Kier alpha value is -2.68. The molecule has 2 amide bonds. The lowest BCUT2D eigenvalue weighted by atomic mass is 10.0. The molecule has 0 bridgehead atoms. The lowest BCUT2D eigenvalue weighted by Crippen LogP contribution is -2.47. The second-order valence-electron chi connectivity index (χ2n) is 16.6. The van der Waals surface area contributed by atoms with E-state index in [0.29, 0.717) is 12.8 Å². The van der Waals surface area contributed by atoms with Crippen LogP contribution in [0.5, 0.6) is 0 Å².